The number of rotatable bonds is 1. The summed E-state index contributed by atoms with van der Waals surface area (Å²) in [5.41, 5.74) is 0.190. The van der Waals surface area contributed by atoms with Crippen LogP contribution in [0.2, 0.25) is 5.02 Å². The molecule has 1 heterocycles. The Balaban J connectivity index is 2.43. The minimum absolute atomic E-state index is 0.00654. The molecule has 0 aromatic heterocycles. The van der Waals surface area contributed by atoms with Gasteiger partial charge in [-0.25, -0.2) is 4.39 Å². The van der Waals surface area contributed by atoms with Gasteiger partial charge < -0.3 is 0 Å². The fourth-order valence-electron chi connectivity index (χ4n) is 1.79. The van der Waals surface area contributed by atoms with E-state index in [1.54, 1.807) is 6.07 Å². The van der Waals surface area contributed by atoms with Gasteiger partial charge in [-0.1, -0.05) is 23.7 Å². The van der Waals surface area contributed by atoms with Crippen LogP contribution in [0.1, 0.15) is 17.9 Å². The molecule has 0 aliphatic carbocycles. The first-order valence-electron chi connectivity index (χ1n) is 4.76. The van der Waals surface area contributed by atoms with Gasteiger partial charge >= 0.3 is 0 Å². The molecule has 0 spiro atoms. The van der Waals surface area contributed by atoms with Gasteiger partial charge in [0, 0.05) is 19.0 Å². The Kier molecular flexibility index (Phi) is 2.68. The second-order valence-electron chi connectivity index (χ2n) is 3.69. The van der Waals surface area contributed by atoms with Gasteiger partial charge in [0.1, 0.15) is 5.82 Å². The Morgan fingerprint density at radius 1 is 1.44 bits per heavy atom. The molecule has 2 rings (SSSR count). The van der Waals surface area contributed by atoms with Crippen molar-refractivity contribution in [1.29, 1.82) is 0 Å². The first kappa shape index (κ1) is 11.1. The summed E-state index contributed by atoms with van der Waals surface area (Å²) in [6.07, 6.45) is 0.00654. The molecule has 1 aromatic rings. The predicted molar refractivity (Wildman–Crippen MR) is 56.5 cm³/mol. The average molecular weight is 242 g/mol. The maximum Gasteiger partial charge on any atom is 0.237 e. The van der Waals surface area contributed by atoms with Gasteiger partial charge in [0.15, 0.2) is 0 Å². The predicted octanol–water partition coefficient (Wildman–Crippen LogP) is 1.95. The number of benzene rings is 1. The number of hydrogen-bond acceptors (Lipinski definition) is 2. The van der Waals surface area contributed by atoms with Crippen LogP contribution in [0.15, 0.2) is 18.2 Å². The smallest absolute Gasteiger partial charge is 0.237 e. The van der Waals surface area contributed by atoms with Crippen molar-refractivity contribution in [2.45, 2.75) is 12.3 Å². The van der Waals surface area contributed by atoms with Crippen molar-refractivity contribution in [3.8, 4) is 0 Å². The number of carbonyl (C=O) groups is 2. The van der Waals surface area contributed by atoms with Crippen LogP contribution >= 0.6 is 11.6 Å². The number of amides is 2. The lowest BCUT2D eigenvalue weighted by molar-refractivity contribution is -0.137. The fraction of sp³-hybridized carbons (Fsp3) is 0.273. The number of likely N-dealkylation sites (tertiary alicyclic amines) is 1. The summed E-state index contributed by atoms with van der Waals surface area (Å²) in [5.74, 6) is -2.04. The van der Waals surface area contributed by atoms with Gasteiger partial charge in [0.2, 0.25) is 11.8 Å². The van der Waals surface area contributed by atoms with Crippen molar-refractivity contribution < 1.29 is 14.0 Å². The SMILES string of the molecule is CN1C(=O)CC(c2cccc(Cl)c2F)C1=O. The maximum atomic E-state index is 13.7. The number of imide groups is 1. The molecule has 1 fully saturated rings. The van der Waals surface area contributed by atoms with E-state index in [-0.39, 0.29) is 28.8 Å². The largest absolute Gasteiger partial charge is 0.285 e. The summed E-state index contributed by atoms with van der Waals surface area (Å²) in [6, 6.07) is 4.46. The number of halogens is 2. The van der Waals surface area contributed by atoms with Crippen LogP contribution in [-0.2, 0) is 9.59 Å². The number of hydrogen-bond donors (Lipinski definition) is 0. The standard InChI is InChI=1S/C11H9ClFNO2/c1-14-9(15)5-7(11(14)16)6-3-2-4-8(12)10(6)13/h2-4,7H,5H2,1H3. The molecule has 5 heteroatoms. The Bertz CT molecular complexity index is 475. The minimum atomic E-state index is -0.740. The molecule has 1 aromatic carbocycles. The molecule has 1 aliphatic heterocycles. The Labute approximate surface area is 96.8 Å². The summed E-state index contributed by atoms with van der Waals surface area (Å²) in [4.78, 5) is 24.0. The maximum absolute atomic E-state index is 13.7. The van der Waals surface area contributed by atoms with Crippen molar-refractivity contribution in [1.82, 2.24) is 4.90 Å². The second kappa shape index (κ2) is 3.87. The number of likely N-dealkylation sites (N-methyl/N-ethyl adjacent to an activating group) is 1. The molecule has 0 radical (unpaired) electrons. The second-order valence-corrected chi connectivity index (χ2v) is 4.10. The van der Waals surface area contributed by atoms with E-state index in [9.17, 15) is 14.0 Å². The molecule has 0 N–H and O–H groups in total. The van der Waals surface area contributed by atoms with Crippen LogP contribution in [0.3, 0.4) is 0 Å². The molecule has 16 heavy (non-hydrogen) atoms. The zero-order valence-corrected chi connectivity index (χ0v) is 9.29. The van der Waals surface area contributed by atoms with Crippen molar-refractivity contribution in [2.24, 2.45) is 0 Å². The molecule has 1 aliphatic rings. The first-order valence-corrected chi connectivity index (χ1v) is 5.14. The molecule has 1 atom stereocenters. The Morgan fingerprint density at radius 3 is 2.69 bits per heavy atom. The van der Waals surface area contributed by atoms with Gasteiger partial charge in [-0.05, 0) is 6.07 Å². The van der Waals surface area contributed by atoms with Crippen molar-refractivity contribution in [3.05, 3.63) is 34.6 Å². The van der Waals surface area contributed by atoms with Gasteiger partial charge in [0.05, 0.1) is 10.9 Å². The molecule has 1 unspecified atom stereocenters. The van der Waals surface area contributed by atoms with E-state index in [1.807, 2.05) is 0 Å². The monoisotopic (exact) mass is 241 g/mol. The number of nitrogens with zero attached hydrogens (tertiary/aromatic N) is 1. The van der Waals surface area contributed by atoms with E-state index in [1.165, 1.54) is 19.2 Å². The first-order chi connectivity index (χ1) is 7.52. The minimum Gasteiger partial charge on any atom is -0.285 e. The van der Waals surface area contributed by atoms with Crippen molar-refractivity contribution in [2.75, 3.05) is 7.05 Å². The van der Waals surface area contributed by atoms with E-state index in [0.717, 1.165) is 4.90 Å². The summed E-state index contributed by atoms with van der Waals surface area (Å²) in [5, 5.41) is -0.0349. The molecule has 3 nitrogen and oxygen atoms in total. The third-order valence-electron chi connectivity index (χ3n) is 2.74. The Morgan fingerprint density at radius 2 is 2.12 bits per heavy atom. The van der Waals surface area contributed by atoms with Crippen LogP contribution in [-0.4, -0.2) is 23.8 Å². The van der Waals surface area contributed by atoms with E-state index in [2.05, 4.69) is 0 Å². The fourth-order valence-corrected chi connectivity index (χ4v) is 1.97. The molecular formula is C11H9ClFNO2. The van der Waals surface area contributed by atoms with Crippen LogP contribution in [0.25, 0.3) is 0 Å². The molecule has 0 saturated carbocycles. The Hall–Kier alpha value is -1.42. The van der Waals surface area contributed by atoms with E-state index in [0.29, 0.717) is 0 Å². The zero-order valence-electron chi connectivity index (χ0n) is 8.54. The lowest BCUT2D eigenvalue weighted by Gasteiger charge is -2.10. The lowest BCUT2D eigenvalue weighted by atomic mass is 9.97. The summed E-state index contributed by atoms with van der Waals surface area (Å²) in [7, 11) is 1.40. The molecule has 2 amide bonds. The highest BCUT2D eigenvalue weighted by atomic mass is 35.5. The highest BCUT2D eigenvalue weighted by molar-refractivity contribution is 6.30. The van der Waals surface area contributed by atoms with E-state index in [4.69, 9.17) is 11.6 Å². The number of carbonyl (C=O) groups excluding carboxylic acids is 2. The summed E-state index contributed by atoms with van der Waals surface area (Å²) < 4.78 is 13.7. The van der Waals surface area contributed by atoms with Gasteiger partial charge in [-0.3, -0.25) is 14.5 Å². The lowest BCUT2D eigenvalue weighted by Crippen LogP contribution is -2.25. The van der Waals surface area contributed by atoms with Gasteiger partial charge in [-0.2, -0.15) is 0 Å². The zero-order chi connectivity index (χ0) is 11.9. The van der Waals surface area contributed by atoms with Crippen LogP contribution in [0.5, 0.6) is 0 Å². The third kappa shape index (κ3) is 1.59. The average Bonchev–Trinajstić information content (AvgIpc) is 2.50. The van der Waals surface area contributed by atoms with Crippen LogP contribution in [0, 0.1) is 5.82 Å². The summed E-state index contributed by atoms with van der Waals surface area (Å²) >= 11 is 5.63. The van der Waals surface area contributed by atoms with Crippen molar-refractivity contribution in [3.63, 3.8) is 0 Å². The highest BCUT2D eigenvalue weighted by Gasteiger charge is 2.38. The van der Waals surface area contributed by atoms with Gasteiger partial charge in [0.25, 0.3) is 0 Å². The quantitative estimate of drug-likeness (QED) is 0.705. The van der Waals surface area contributed by atoms with Crippen LogP contribution in [0.4, 0.5) is 4.39 Å². The molecule has 84 valence electrons. The normalized spacial score (nSPS) is 20.7. The molecule has 0 bridgehead atoms. The van der Waals surface area contributed by atoms with E-state index >= 15 is 0 Å². The van der Waals surface area contributed by atoms with Crippen molar-refractivity contribution >= 4 is 23.4 Å². The summed E-state index contributed by atoms with van der Waals surface area (Å²) in [6.45, 7) is 0. The van der Waals surface area contributed by atoms with Gasteiger partial charge in [-0.15, -0.1) is 0 Å². The molecular weight excluding hydrogens is 233 g/mol. The molecule has 1 saturated heterocycles. The third-order valence-corrected chi connectivity index (χ3v) is 3.03. The highest BCUT2D eigenvalue weighted by Crippen LogP contribution is 2.32. The van der Waals surface area contributed by atoms with Crippen LogP contribution < -0.4 is 0 Å². The van der Waals surface area contributed by atoms with E-state index < -0.39 is 11.7 Å². The topological polar surface area (TPSA) is 37.4 Å².